The minimum Gasteiger partial charge on any atom is -0.481 e. The standard InChI is InChI=1S/C15H24O3/c1-10-3-5-11(6-4-10)13-9-12(15(16)17)7-8-14(13)18-2/h11-14H,1,3-9H2,2H3,(H,16,17). The SMILES string of the molecule is C=C1CCC(C2CC(C(=O)O)CCC2OC)CC1. The van der Waals surface area contributed by atoms with Gasteiger partial charge in [0.2, 0.25) is 0 Å². The van der Waals surface area contributed by atoms with Gasteiger partial charge in [0.05, 0.1) is 12.0 Å². The van der Waals surface area contributed by atoms with Gasteiger partial charge in [-0.05, 0) is 56.8 Å². The molecule has 0 aromatic rings. The monoisotopic (exact) mass is 252 g/mol. The highest BCUT2D eigenvalue weighted by Crippen LogP contribution is 2.42. The van der Waals surface area contributed by atoms with E-state index in [9.17, 15) is 9.90 Å². The first-order valence-corrected chi connectivity index (χ1v) is 7.04. The van der Waals surface area contributed by atoms with Crippen LogP contribution >= 0.6 is 0 Å². The molecule has 2 fully saturated rings. The van der Waals surface area contributed by atoms with Gasteiger partial charge < -0.3 is 9.84 Å². The summed E-state index contributed by atoms with van der Waals surface area (Å²) < 4.78 is 5.60. The molecule has 2 aliphatic rings. The predicted octanol–water partition coefficient (Wildman–Crippen LogP) is 3.25. The van der Waals surface area contributed by atoms with Crippen LogP contribution in [-0.2, 0) is 9.53 Å². The molecule has 0 saturated heterocycles. The number of hydrogen-bond acceptors (Lipinski definition) is 2. The first-order chi connectivity index (χ1) is 8.61. The van der Waals surface area contributed by atoms with Crippen LogP contribution in [0.1, 0.15) is 44.9 Å². The van der Waals surface area contributed by atoms with Gasteiger partial charge in [-0.2, -0.15) is 0 Å². The zero-order chi connectivity index (χ0) is 13.1. The van der Waals surface area contributed by atoms with Crippen LogP contribution in [0.4, 0.5) is 0 Å². The van der Waals surface area contributed by atoms with E-state index in [4.69, 9.17) is 4.74 Å². The lowest BCUT2D eigenvalue weighted by Crippen LogP contribution is -2.38. The Hall–Kier alpha value is -0.830. The van der Waals surface area contributed by atoms with Crippen LogP contribution in [0, 0.1) is 17.8 Å². The molecule has 2 rings (SSSR count). The largest absolute Gasteiger partial charge is 0.481 e. The average molecular weight is 252 g/mol. The molecule has 0 aliphatic heterocycles. The lowest BCUT2D eigenvalue weighted by atomic mass is 9.68. The van der Waals surface area contributed by atoms with Crippen LogP contribution in [0.2, 0.25) is 0 Å². The van der Waals surface area contributed by atoms with E-state index in [-0.39, 0.29) is 12.0 Å². The van der Waals surface area contributed by atoms with Crippen molar-refractivity contribution in [1.29, 1.82) is 0 Å². The van der Waals surface area contributed by atoms with Gasteiger partial charge in [0, 0.05) is 7.11 Å². The van der Waals surface area contributed by atoms with E-state index in [0.717, 1.165) is 44.9 Å². The number of carbonyl (C=O) groups is 1. The molecule has 3 unspecified atom stereocenters. The molecular weight excluding hydrogens is 228 g/mol. The van der Waals surface area contributed by atoms with E-state index >= 15 is 0 Å². The second kappa shape index (κ2) is 5.87. The summed E-state index contributed by atoms with van der Waals surface area (Å²) in [4.78, 5) is 11.2. The lowest BCUT2D eigenvalue weighted by molar-refractivity contribution is -0.145. The molecule has 0 spiro atoms. The Morgan fingerprint density at radius 2 is 1.94 bits per heavy atom. The Labute approximate surface area is 109 Å². The van der Waals surface area contributed by atoms with Crippen molar-refractivity contribution >= 4 is 5.97 Å². The topological polar surface area (TPSA) is 46.5 Å². The van der Waals surface area contributed by atoms with Gasteiger partial charge in [0.15, 0.2) is 0 Å². The zero-order valence-corrected chi connectivity index (χ0v) is 11.2. The number of aliphatic carboxylic acids is 1. The maximum absolute atomic E-state index is 11.2. The van der Waals surface area contributed by atoms with Crippen LogP contribution in [0.15, 0.2) is 12.2 Å². The van der Waals surface area contributed by atoms with Crippen molar-refractivity contribution in [3.8, 4) is 0 Å². The van der Waals surface area contributed by atoms with Gasteiger partial charge >= 0.3 is 5.97 Å². The van der Waals surface area contributed by atoms with E-state index in [0.29, 0.717) is 11.8 Å². The van der Waals surface area contributed by atoms with Gasteiger partial charge in [-0.1, -0.05) is 12.2 Å². The van der Waals surface area contributed by atoms with E-state index in [1.807, 2.05) is 0 Å². The molecule has 1 N–H and O–H groups in total. The summed E-state index contributed by atoms with van der Waals surface area (Å²) in [6.45, 7) is 4.05. The van der Waals surface area contributed by atoms with Crippen molar-refractivity contribution < 1.29 is 14.6 Å². The van der Waals surface area contributed by atoms with Gasteiger partial charge in [-0.15, -0.1) is 0 Å². The normalized spacial score (nSPS) is 34.5. The summed E-state index contributed by atoms with van der Waals surface area (Å²) in [6, 6.07) is 0. The number of allylic oxidation sites excluding steroid dienone is 1. The van der Waals surface area contributed by atoms with Gasteiger partial charge in [-0.25, -0.2) is 0 Å². The lowest BCUT2D eigenvalue weighted by Gasteiger charge is -2.40. The fourth-order valence-corrected chi connectivity index (χ4v) is 3.67. The maximum Gasteiger partial charge on any atom is 0.306 e. The molecule has 0 radical (unpaired) electrons. The van der Waals surface area contributed by atoms with E-state index in [2.05, 4.69) is 6.58 Å². The average Bonchev–Trinajstić information content (AvgIpc) is 2.39. The van der Waals surface area contributed by atoms with Crippen molar-refractivity contribution in [2.24, 2.45) is 17.8 Å². The number of methoxy groups -OCH3 is 1. The Morgan fingerprint density at radius 3 is 2.50 bits per heavy atom. The summed E-state index contributed by atoms with van der Waals surface area (Å²) in [7, 11) is 1.76. The summed E-state index contributed by atoms with van der Waals surface area (Å²) in [5.74, 6) is 0.266. The number of rotatable bonds is 3. The van der Waals surface area contributed by atoms with Crippen LogP contribution in [0.25, 0.3) is 0 Å². The quantitative estimate of drug-likeness (QED) is 0.784. The third-order valence-electron chi connectivity index (χ3n) is 4.83. The van der Waals surface area contributed by atoms with Crippen molar-refractivity contribution in [3.63, 3.8) is 0 Å². The third kappa shape index (κ3) is 2.94. The highest BCUT2D eigenvalue weighted by atomic mass is 16.5. The first-order valence-electron chi connectivity index (χ1n) is 7.04. The van der Waals surface area contributed by atoms with Crippen LogP contribution < -0.4 is 0 Å². The Balaban J connectivity index is 2.01. The Kier molecular flexibility index (Phi) is 4.44. The molecule has 2 saturated carbocycles. The zero-order valence-electron chi connectivity index (χ0n) is 11.2. The number of carboxylic acids is 1. The summed E-state index contributed by atoms with van der Waals surface area (Å²) in [5.41, 5.74) is 1.35. The Bertz CT molecular complexity index is 314. The van der Waals surface area contributed by atoms with Crippen LogP contribution in [0.3, 0.4) is 0 Å². The molecule has 3 heteroatoms. The van der Waals surface area contributed by atoms with Gasteiger partial charge in [-0.3, -0.25) is 4.79 Å². The summed E-state index contributed by atoms with van der Waals surface area (Å²) in [6.07, 6.45) is 7.26. The van der Waals surface area contributed by atoms with E-state index in [1.165, 1.54) is 5.57 Å². The highest BCUT2D eigenvalue weighted by molar-refractivity contribution is 5.70. The number of ether oxygens (including phenoxy) is 1. The fraction of sp³-hybridized carbons (Fsp3) is 0.800. The molecule has 3 atom stereocenters. The van der Waals surface area contributed by atoms with Gasteiger partial charge in [0.1, 0.15) is 0 Å². The molecule has 3 nitrogen and oxygen atoms in total. The second-order valence-corrected chi connectivity index (χ2v) is 5.87. The fourth-order valence-electron chi connectivity index (χ4n) is 3.67. The molecular formula is C15H24O3. The molecule has 0 bridgehead atoms. The predicted molar refractivity (Wildman–Crippen MR) is 70.4 cm³/mol. The Morgan fingerprint density at radius 1 is 1.28 bits per heavy atom. The van der Waals surface area contributed by atoms with Crippen molar-refractivity contribution in [2.45, 2.75) is 51.0 Å². The molecule has 0 amide bonds. The first kappa shape index (κ1) is 13.6. The smallest absolute Gasteiger partial charge is 0.306 e. The minimum atomic E-state index is -0.630. The summed E-state index contributed by atoms with van der Waals surface area (Å²) in [5, 5.41) is 9.20. The minimum absolute atomic E-state index is 0.161. The van der Waals surface area contributed by atoms with Crippen molar-refractivity contribution in [1.82, 2.24) is 0 Å². The van der Waals surface area contributed by atoms with Gasteiger partial charge in [0.25, 0.3) is 0 Å². The molecule has 2 aliphatic carbocycles. The van der Waals surface area contributed by atoms with Crippen LogP contribution in [-0.4, -0.2) is 24.3 Å². The number of hydrogen-bond donors (Lipinski definition) is 1. The van der Waals surface area contributed by atoms with Crippen molar-refractivity contribution in [2.75, 3.05) is 7.11 Å². The van der Waals surface area contributed by atoms with E-state index < -0.39 is 5.97 Å². The van der Waals surface area contributed by atoms with Crippen molar-refractivity contribution in [3.05, 3.63) is 12.2 Å². The maximum atomic E-state index is 11.2. The molecule has 0 heterocycles. The van der Waals surface area contributed by atoms with E-state index in [1.54, 1.807) is 7.11 Å². The van der Waals surface area contributed by atoms with Crippen LogP contribution in [0.5, 0.6) is 0 Å². The molecule has 18 heavy (non-hydrogen) atoms. The highest BCUT2D eigenvalue weighted by Gasteiger charge is 2.38. The summed E-state index contributed by atoms with van der Waals surface area (Å²) >= 11 is 0. The molecule has 0 aromatic heterocycles. The third-order valence-corrected chi connectivity index (χ3v) is 4.83. The molecule has 102 valence electrons. The number of carboxylic acid groups (broad SMARTS) is 1. The second-order valence-electron chi connectivity index (χ2n) is 5.87. The molecule has 0 aromatic carbocycles.